The predicted octanol–water partition coefficient (Wildman–Crippen LogP) is 3.19. The van der Waals surface area contributed by atoms with Gasteiger partial charge in [0.15, 0.2) is 0 Å². The van der Waals surface area contributed by atoms with E-state index in [0.717, 1.165) is 0 Å². The average molecular weight is 309 g/mol. The van der Waals surface area contributed by atoms with Gasteiger partial charge in [-0.3, -0.25) is 0 Å². The molecule has 0 N–H and O–H groups in total. The molecule has 2 aliphatic rings. The van der Waals surface area contributed by atoms with Crippen LogP contribution in [-0.4, -0.2) is 49.7 Å². The number of hydrogen-bond donors (Lipinski definition) is 0. The van der Waals surface area contributed by atoms with Gasteiger partial charge in [-0.05, 0) is 41.5 Å². The molecule has 0 aromatic carbocycles. The van der Waals surface area contributed by atoms with Gasteiger partial charge < -0.3 is 13.8 Å². The molecule has 0 saturated carbocycles. The highest BCUT2D eigenvalue weighted by Gasteiger charge is 2.76. The fourth-order valence-corrected chi connectivity index (χ4v) is 6.62. The SMILES string of the molecule is [B][B]C=P1(C)OC(C)(C)[C@@]2(C)OC(C)(C)C(C)(C)C2(C)O1. The zero-order chi connectivity index (χ0) is 16.5. The number of rotatable bonds is 1. The zero-order valence-electron chi connectivity index (χ0n) is 14.9. The van der Waals surface area contributed by atoms with Gasteiger partial charge in [-0.15, -0.1) is 0 Å². The lowest BCUT2D eigenvalue weighted by Crippen LogP contribution is -2.68. The minimum absolute atomic E-state index is 0.181. The first-order valence-electron chi connectivity index (χ1n) is 7.55. The highest BCUT2D eigenvalue weighted by Crippen LogP contribution is 2.72. The van der Waals surface area contributed by atoms with Gasteiger partial charge >= 0.3 is 0 Å². The zero-order valence-corrected chi connectivity index (χ0v) is 15.8. The molecule has 0 aromatic heterocycles. The van der Waals surface area contributed by atoms with Crippen LogP contribution in [0.2, 0.25) is 0 Å². The highest BCUT2D eigenvalue weighted by molar-refractivity contribution is 7.69. The molecule has 2 saturated heterocycles. The Morgan fingerprint density at radius 1 is 0.857 bits per heavy atom. The highest BCUT2D eigenvalue weighted by atomic mass is 31.2. The fourth-order valence-electron chi connectivity index (χ4n) is 3.94. The average Bonchev–Trinajstić information content (AvgIpc) is 2.33. The van der Waals surface area contributed by atoms with Gasteiger partial charge in [0.05, 0.1) is 12.8 Å². The van der Waals surface area contributed by atoms with Crippen molar-refractivity contribution in [1.29, 1.82) is 0 Å². The van der Waals surface area contributed by atoms with Crippen molar-refractivity contribution < 1.29 is 13.8 Å². The minimum Gasteiger partial charge on any atom is -0.363 e. The van der Waals surface area contributed by atoms with Crippen LogP contribution in [-0.2, 0) is 13.8 Å². The Balaban J connectivity index is 2.70. The van der Waals surface area contributed by atoms with Crippen molar-refractivity contribution in [3.05, 3.63) is 0 Å². The molecule has 2 heterocycles. The molecule has 0 spiro atoms. The van der Waals surface area contributed by atoms with Crippen LogP contribution in [0.4, 0.5) is 0 Å². The van der Waals surface area contributed by atoms with Crippen LogP contribution in [0.25, 0.3) is 0 Å². The molecule has 2 unspecified atom stereocenters. The van der Waals surface area contributed by atoms with Gasteiger partial charge in [0.25, 0.3) is 0 Å². The molecular weight excluding hydrogens is 281 g/mol. The summed E-state index contributed by atoms with van der Waals surface area (Å²) < 4.78 is 19.5. The Bertz CT molecular complexity index is 515. The Hall–Kier alpha value is 0.310. The van der Waals surface area contributed by atoms with Crippen molar-refractivity contribution in [2.45, 2.75) is 77.8 Å². The molecule has 0 aromatic rings. The molecule has 0 aliphatic carbocycles. The largest absolute Gasteiger partial charge is 0.363 e. The Kier molecular flexibility index (Phi) is 3.73. The first kappa shape index (κ1) is 17.7. The standard InChI is InChI=1S/C15H28B2O3P/c1-11(2)12(3,4)18-15(8)13(5,6)19-21(9,10-17-16)20-14(11,15)7/h10H,1-9H3/t14?,15-,21?/m1/s1. The normalized spacial score (nSPS) is 46.7. The van der Waals surface area contributed by atoms with Crippen molar-refractivity contribution in [3.8, 4) is 0 Å². The van der Waals surface area contributed by atoms with E-state index in [1.165, 1.54) is 7.17 Å². The predicted molar refractivity (Wildman–Crippen MR) is 92.4 cm³/mol. The van der Waals surface area contributed by atoms with Gasteiger partial charge in [-0.2, -0.15) is 0 Å². The molecule has 3 atom stereocenters. The molecular formula is C15H28B2O3P. The summed E-state index contributed by atoms with van der Waals surface area (Å²) in [6.45, 7) is 19.2. The molecule has 3 nitrogen and oxygen atoms in total. The second-order valence-corrected chi connectivity index (χ2v) is 10.7. The second kappa shape index (κ2) is 4.44. The molecule has 2 rings (SSSR count). The number of ether oxygens (including phenoxy) is 1. The van der Waals surface area contributed by atoms with E-state index in [1.807, 2.05) is 12.4 Å². The molecule has 0 amide bonds. The lowest BCUT2D eigenvalue weighted by Gasteiger charge is -2.59. The first-order valence-corrected chi connectivity index (χ1v) is 9.69. The maximum Gasteiger partial charge on any atom is 0.124 e. The van der Waals surface area contributed by atoms with E-state index in [-0.39, 0.29) is 11.0 Å². The lowest BCUT2D eigenvalue weighted by molar-refractivity contribution is -0.228. The van der Waals surface area contributed by atoms with E-state index in [4.69, 9.17) is 21.5 Å². The number of hydrogen-bond acceptors (Lipinski definition) is 3. The third-order valence-corrected chi connectivity index (χ3v) is 8.61. The van der Waals surface area contributed by atoms with Crippen molar-refractivity contribution in [3.63, 3.8) is 0 Å². The van der Waals surface area contributed by atoms with Crippen LogP contribution in [0.1, 0.15) is 55.4 Å². The van der Waals surface area contributed by atoms with Crippen LogP contribution in [0.15, 0.2) is 0 Å². The molecule has 6 heteroatoms. The summed E-state index contributed by atoms with van der Waals surface area (Å²) in [5.41, 5.74) is -0.130. The molecule has 2 fully saturated rings. The van der Waals surface area contributed by atoms with E-state index in [9.17, 15) is 0 Å². The summed E-state index contributed by atoms with van der Waals surface area (Å²) in [5.74, 6) is 0. The van der Waals surface area contributed by atoms with E-state index in [2.05, 4.69) is 55.4 Å². The molecule has 117 valence electrons. The quantitative estimate of drug-likeness (QED) is 0.550. The Labute approximate surface area is 132 Å². The van der Waals surface area contributed by atoms with Crippen molar-refractivity contribution in [1.82, 2.24) is 0 Å². The summed E-state index contributed by atoms with van der Waals surface area (Å²) in [5, 5.41) is 0. The molecule has 2 aliphatic heterocycles. The Morgan fingerprint density at radius 3 is 1.86 bits per heavy atom. The maximum atomic E-state index is 6.61. The van der Waals surface area contributed by atoms with E-state index in [1.54, 1.807) is 0 Å². The van der Waals surface area contributed by atoms with Crippen molar-refractivity contribution in [2.24, 2.45) is 5.41 Å². The Morgan fingerprint density at radius 2 is 1.38 bits per heavy atom. The maximum absolute atomic E-state index is 6.61. The molecule has 0 bridgehead atoms. The van der Waals surface area contributed by atoms with E-state index in [0.29, 0.717) is 0 Å². The van der Waals surface area contributed by atoms with Crippen LogP contribution in [0.5, 0.6) is 0 Å². The summed E-state index contributed by atoms with van der Waals surface area (Å²) >= 11 is 0. The summed E-state index contributed by atoms with van der Waals surface area (Å²) in [7, 11) is 4.97. The van der Waals surface area contributed by atoms with Crippen molar-refractivity contribution in [2.75, 3.05) is 6.66 Å². The fraction of sp³-hybridized carbons (Fsp3) is 0.933. The van der Waals surface area contributed by atoms with Gasteiger partial charge in [-0.1, -0.05) is 19.5 Å². The third-order valence-electron chi connectivity index (χ3n) is 6.35. The van der Waals surface area contributed by atoms with E-state index < -0.39 is 24.1 Å². The second-order valence-electron chi connectivity index (χ2n) is 8.25. The van der Waals surface area contributed by atoms with E-state index >= 15 is 0 Å². The summed E-state index contributed by atoms with van der Waals surface area (Å²) in [6.07, 6.45) is 0. The summed E-state index contributed by atoms with van der Waals surface area (Å²) in [6, 6.07) is 0. The summed E-state index contributed by atoms with van der Waals surface area (Å²) in [4.78, 5) is 0. The molecule has 3 radical (unpaired) electrons. The van der Waals surface area contributed by atoms with Gasteiger partial charge in [0.1, 0.15) is 24.1 Å². The third kappa shape index (κ3) is 2.00. The van der Waals surface area contributed by atoms with Gasteiger partial charge in [0, 0.05) is 19.8 Å². The smallest absolute Gasteiger partial charge is 0.124 e. The first-order chi connectivity index (χ1) is 9.18. The van der Waals surface area contributed by atoms with Crippen LogP contribution >= 0.6 is 7.34 Å². The van der Waals surface area contributed by atoms with Crippen molar-refractivity contribution >= 4 is 27.9 Å². The minimum atomic E-state index is -2.18. The number of fused-ring (bicyclic) bond motifs is 1. The van der Waals surface area contributed by atoms with Crippen LogP contribution in [0.3, 0.4) is 0 Å². The van der Waals surface area contributed by atoms with Crippen LogP contribution < -0.4 is 0 Å². The topological polar surface area (TPSA) is 27.7 Å². The lowest BCUT2D eigenvalue weighted by atomic mass is 9.58. The van der Waals surface area contributed by atoms with Gasteiger partial charge in [-0.25, -0.2) is 0 Å². The molecule has 21 heavy (non-hydrogen) atoms. The monoisotopic (exact) mass is 309 g/mol. The van der Waals surface area contributed by atoms with Gasteiger partial charge in [0.2, 0.25) is 0 Å². The van der Waals surface area contributed by atoms with Crippen LogP contribution in [0, 0.1) is 5.41 Å².